The molecule has 0 saturated carbocycles. The Kier molecular flexibility index (Phi) is 5.62. The summed E-state index contributed by atoms with van der Waals surface area (Å²) in [7, 11) is 1.69. The molecule has 1 fully saturated rings. The number of ether oxygens (including phenoxy) is 2. The lowest BCUT2D eigenvalue weighted by molar-refractivity contribution is -0.150. The predicted octanol–water partition coefficient (Wildman–Crippen LogP) is 2.78. The molecule has 21 heavy (non-hydrogen) atoms. The molecule has 2 rings (SSSR count). The Morgan fingerprint density at radius 2 is 2.24 bits per heavy atom. The van der Waals surface area contributed by atoms with Crippen LogP contribution >= 0.6 is 0 Å². The van der Waals surface area contributed by atoms with E-state index in [9.17, 15) is 4.79 Å². The van der Waals surface area contributed by atoms with E-state index >= 15 is 0 Å². The quantitative estimate of drug-likeness (QED) is 0.782. The number of esters is 1. The third kappa shape index (κ3) is 4.21. The maximum absolute atomic E-state index is 11.9. The first-order valence-corrected chi connectivity index (χ1v) is 7.66. The van der Waals surface area contributed by atoms with Crippen molar-refractivity contribution in [2.24, 2.45) is 5.92 Å². The SMILES string of the molecule is CCOC(=O)[C@@H]1CCCN(Cc2ccc(OC)c(C)c2)C1. The minimum absolute atomic E-state index is 0.0260. The third-order valence-electron chi connectivity index (χ3n) is 3.99. The molecule has 1 aliphatic heterocycles. The summed E-state index contributed by atoms with van der Waals surface area (Å²) in [4.78, 5) is 14.2. The number of carbonyl (C=O) groups is 1. The van der Waals surface area contributed by atoms with Crippen LogP contribution in [-0.2, 0) is 16.1 Å². The van der Waals surface area contributed by atoms with Crippen molar-refractivity contribution in [3.05, 3.63) is 29.3 Å². The van der Waals surface area contributed by atoms with Crippen molar-refractivity contribution in [1.82, 2.24) is 4.90 Å². The van der Waals surface area contributed by atoms with Crippen LogP contribution in [0.2, 0.25) is 0 Å². The second-order valence-electron chi connectivity index (χ2n) is 5.63. The molecule has 1 heterocycles. The van der Waals surface area contributed by atoms with Gasteiger partial charge in [-0.15, -0.1) is 0 Å². The van der Waals surface area contributed by atoms with E-state index in [1.165, 1.54) is 5.56 Å². The molecule has 1 atom stereocenters. The van der Waals surface area contributed by atoms with Crippen LogP contribution in [-0.4, -0.2) is 37.7 Å². The van der Waals surface area contributed by atoms with Crippen LogP contribution in [0.1, 0.15) is 30.9 Å². The van der Waals surface area contributed by atoms with Crippen molar-refractivity contribution in [2.45, 2.75) is 33.2 Å². The van der Waals surface area contributed by atoms with E-state index < -0.39 is 0 Å². The molecule has 1 aliphatic rings. The number of carbonyl (C=O) groups excluding carboxylic acids is 1. The highest BCUT2D eigenvalue weighted by Gasteiger charge is 2.26. The molecule has 1 aromatic rings. The fraction of sp³-hybridized carbons (Fsp3) is 0.588. The second-order valence-corrected chi connectivity index (χ2v) is 5.63. The number of methoxy groups -OCH3 is 1. The molecule has 0 aliphatic carbocycles. The lowest BCUT2D eigenvalue weighted by Crippen LogP contribution is -2.38. The van der Waals surface area contributed by atoms with Gasteiger partial charge in [0, 0.05) is 13.1 Å². The molecule has 0 bridgehead atoms. The van der Waals surface area contributed by atoms with E-state index in [4.69, 9.17) is 9.47 Å². The van der Waals surface area contributed by atoms with Gasteiger partial charge < -0.3 is 9.47 Å². The fourth-order valence-corrected chi connectivity index (χ4v) is 2.95. The van der Waals surface area contributed by atoms with Crippen molar-refractivity contribution >= 4 is 5.97 Å². The number of likely N-dealkylation sites (tertiary alicyclic amines) is 1. The Bertz CT molecular complexity index is 487. The van der Waals surface area contributed by atoms with Gasteiger partial charge in [-0.25, -0.2) is 0 Å². The molecular formula is C17H25NO3. The van der Waals surface area contributed by atoms with Crippen LogP contribution in [0, 0.1) is 12.8 Å². The van der Waals surface area contributed by atoms with Gasteiger partial charge in [0.1, 0.15) is 5.75 Å². The van der Waals surface area contributed by atoms with Crippen LogP contribution in [0.15, 0.2) is 18.2 Å². The summed E-state index contributed by atoms with van der Waals surface area (Å²) in [5.74, 6) is 0.896. The van der Waals surface area contributed by atoms with Crippen LogP contribution < -0.4 is 4.74 Å². The summed E-state index contributed by atoms with van der Waals surface area (Å²) in [5.41, 5.74) is 2.41. The molecule has 116 valence electrons. The van der Waals surface area contributed by atoms with E-state index in [1.54, 1.807) is 7.11 Å². The summed E-state index contributed by atoms with van der Waals surface area (Å²) in [5, 5.41) is 0. The maximum atomic E-state index is 11.9. The average Bonchev–Trinajstić information content (AvgIpc) is 2.48. The number of aryl methyl sites for hydroxylation is 1. The van der Waals surface area contributed by atoms with Gasteiger partial charge in [-0.05, 0) is 50.4 Å². The molecule has 0 aromatic heterocycles. The fourth-order valence-electron chi connectivity index (χ4n) is 2.95. The predicted molar refractivity (Wildman–Crippen MR) is 82.4 cm³/mol. The smallest absolute Gasteiger partial charge is 0.310 e. The first kappa shape index (κ1) is 15.8. The zero-order valence-electron chi connectivity index (χ0n) is 13.2. The van der Waals surface area contributed by atoms with Gasteiger partial charge >= 0.3 is 5.97 Å². The van der Waals surface area contributed by atoms with Crippen LogP contribution in [0.4, 0.5) is 0 Å². The molecule has 0 unspecified atom stereocenters. The third-order valence-corrected chi connectivity index (χ3v) is 3.99. The molecule has 0 radical (unpaired) electrons. The molecule has 0 amide bonds. The zero-order chi connectivity index (χ0) is 15.2. The van der Waals surface area contributed by atoms with Gasteiger partial charge in [-0.3, -0.25) is 9.69 Å². The van der Waals surface area contributed by atoms with Gasteiger partial charge in [0.05, 0.1) is 19.6 Å². The van der Waals surface area contributed by atoms with Gasteiger partial charge in [-0.1, -0.05) is 12.1 Å². The van der Waals surface area contributed by atoms with Crippen molar-refractivity contribution < 1.29 is 14.3 Å². The normalized spacial score (nSPS) is 19.3. The first-order valence-electron chi connectivity index (χ1n) is 7.66. The van der Waals surface area contributed by atoms with Crippen molar-refractivity contribution in [3.8, 4) is 5.75 Å². The second kappa shape index (κ2) is 7.46. The molecule has 1 saturated heterocycles. The lowest BCUT2D eigenvalue weighted by atomic mass is 9.97. The molecule has 0 N–H and O–H groups in total. The summed E-state index contributed by atoms with van der Waals surface area (Å²) in [6, 6.07) is 6.27. The summed E-state index contributed by atoms with van der Waals surface area (Å²) in [6.07, 6.45) is 2.00. The highest BCUT2D eigenvalue weighted by Crippen LogP contribution is 2.23. The van der Waals surface area contributed by atoms with Gasteiger partial charge in [0.2, 0.25) is 0 Å². The van der Waals surface area contributed by atoms with Crippen molar-refractivity contribution in [1.29, 1.82) is 0 Å². The topological polar surface area (TPSA) is 38.8 Å². The Hall–Kier alpha value is -1.55. The Labute approximate surface area is 127 Å². The monoisotopic (exact) mass is 291 g/mol. The highest BCUT2D eigenvalue weighted by atomic mass is 16.5. The highest BCUT2D eigenvalue weighted by molar-refractivity contribution is 5.72. The Morgan fingerprint density at radius 3 is 2.90 bits per heavy atom. The number of piperidine rings is 1. The molecule has 0 spiro atoms. The van der Waals surface area contributed by atoms with Crippen LogP contribution in [0.3, 0.4) is 0 Å². The van der Waals surface area contributed by atoms with Crippen molar-refractivity contribution in [2.75, 3.05) is 26.8 Å². The van der Waals surface area contributed by atoms with Gasteiger partial charge in [-0.2, -0.15) is 0 Å². The first-order chi connectivity index (χ1) is 10.1. The van der Waals surface area contributed by atoms with E-state index in [0.29, 0.717) is 6.61 Å². The largest absolute Gasteiger partial charge is 0.496 e. The Balaban J connectivity index is 1.96. The van der Waals surface area contributed by atoms with E-state index in [-0.39, 0.29) is 11.9 Å². The number of hydrogen-bond donors (Lipinski definition) is 0. The minimum Gasteiger partial charge on any atom is -0.496 e. The van der Waals surface area contributed by atoms with Crippen LogP contribution in [0.5, 0.6) is 5.75 Å². The average molecular weight is 291 g/mol. The number of hydrogen-bond acceptors (Lipinski definition) is 4. The van der Waals surface area contributed by atoms with Gasteiger partial charge in [0.15, 0.2) is 0 Å². The molecule has 4 nitrogen and oxygen atoms in total. The zero-order valence-corrected chi connectivity index (χ0v) is 13.2. The van der Waals surface area contributed by atoms with Crippen molar-refractivity contribution in [3.63, 3.8) is 0 Å². The molecular weight excluding hydrogens is 266 g/mol. The van der Waals surface area contributed by atoms with Gasteiger partial charge in [0.25, 0.3) is 0 Å². The maximum Gasteiger partial charge on any atom is 0.310 e. The Morgan fingerprint density at radius 1 is 1.43 bits per heavy atom. The van der Waals surface area contributed by atoms with E-state index in [2.05, 4.69) is 24.0 Å². The molecule has 4 heteroatoms. The molecule has 1 aromatic carbocycles. The summed E-state index contributed by atoms with van der Waals surface area (Å²) >= 11 is 0. The van der Waals surface area contributed by atoms with E-state index in [1.807, 2.05) is 13.0 Å². The summed E-state index contributed by atoms with van der Waals surface area (Å²) in [6.45, 7) is 7.09. The number of nitrogens with zero attached hydrogens (tertiary/aromatic N) is 1. The minimum atomic E-state index is -0.0480. The summed E-state index contributed by atoms with van der Waals surface area (Å²) < 4.78 is 10.4. The number of benzene rings is 1. The standard InChI is InChI=1S/C17H25NO3/c1-4-21-17(19)15-6-5-9-18(12-15)11-14-7-8-16(20-3)13(2)10-14/h7-8,10,15H,4-6,9,11-12H2,1-3H3/t15-/m1/s1. The van der Waals surface area contributed by atoms with E-state index in [0.717, 1.165) is 43.8 Å². The van der Waals surface area contributed by atoms with Crippen LogP contribution in [0.25, 0.3) is 0 Å². The lowest BCUT2D eigenvalue weighted by Gasteiger charge is -2.31. The number of rotatable bonds is 5.